The lowest BCUT2D eigenvalue weighted by Gasteiger charge is -2.24. The van der Waals surface area contributed by atoms with Gasteiger partial charge in [-0.2, -0.15) is 0 Å². The maximum Gasteiger partial charge on any atom is 0.312 e. The van der Waals surface area contributed by atoms with E-state index in [0.717, 1.165) is 10.9 Å². The van der Waals surface area contributed by atoms with Crippen LogP contribution in [0.3, 0.4) is 0 Å². The Morgan fingerprint density at radius 1 is 1.16 bits per heavy atom. The molecule has 3 aromatic rings. The summed E-state index contributed by atoms with van der Waals surface area (Å²) in [5.41, 5.74) is 1.61. The van der Waals surface area contributed by atoms with E-state index in [1.54, 1.807) is 30.7 Å². The number of pyridine rings is 2. The van der Waals surface area contributed by atoms with Gasteiger partial charge in [0.15, 0.2) is 0 Å². The Balaban J connectivity index is 2.02. The Labute approximate surface area is 142 Å². The van der Waals surface area contributed by atoms with Crippen molar-refractivity contribution in [1.29, 1.82) is 0 Å². The van der Waals surface area contributed by atoms with Crippen molar-refractivity contribution in [3.05, 3.63) is 73.9 Å². The van der Waals surface area contributed by atoms with Gasteiger partial charge in [-0.3, -0.25) is 14.4 Å². The third kappa shape index (κ3) is 2.38. The first-order chi connectivity index (χ1) is 12.0. The van der Waals surface area contributed by atoms with Gasteiger partial charge in [-0.15, -0.1) is 0 Å². The summed E-state index contributed by atoms with van der Waals surface area (Å²) in [4.78, 5) is 40.1. The number of aromatic amines is 1. The number of aryl methyl sites for hydroxylation is 2. The zero-order valence-corrected chi connectivity index (χ0v) is 13.8. The van der Waals surface area contributed by atoms with Crippen molar-refractivity contribution in [2.75, 3.05) is 0 Å². The summed E-state index contributed by atoms with van der Waals surface area (Å²) in [6, 6.07) is 10.9. The normalized spacial score (nSPS) is 16.6. The van der Waals surface area contributed by atoms with Crippen LogP contribution in [0.2, 0.25) is 0 Å². The van der Waals surface area contributed by atoms with E-state index >= 15 is 0 Å². The molecule has 0 aliphatic carbocycles. The van der Waals surface area contributed by atoms with E-state index in [0.29, 0.717) is 16.8 Å². The maximum absolute atomic E-state index is 12.9. The molecule has 25 heavy (non-hydrogen) atoms. The van der Waals surface area contributed by atoms with Gasteiger partial charge >= 0.3 is 5.97 Å². The fraction of sp³-hybridized carbons (Fsp3) is 0.211. The number of aromatic nitrogens is 2. The van der Waals surface area contributed by atoms with Crippen LogP contribution in [0, 0.1) is 6.92 Å². The lowest BCUT2D eigenvalue weighted by Crippen LogP contribution is -2.32. The van der Waals surface area contributed by atoms with E-state index in [4.69, 9.17) is 4.74 Å². The van der Waals surface area contributed by atoms with Crippen LogP contribution in [0.15, 0.2) is 46.0 Å². The first kappa shape index (κ1) is 15.4. The van der Waals surface area contributed by atoms with Gasteiger partial charge in [-0.25, -0.2) is 0 Å². The van der Waals surface area contributed by atoms with Gasteiger partial charge in [0.2, 0.25) is 0 Å². The molecular formula is C19H16N2O4. The van der Waals surface area contributed by atoms with Crippen LogP contribution in [0.25, 0.3) is 10.9 Å². The molecule has 6 nitrogen and oxygen atoms in total. The third-order valence-electron chi connectivity index (χ3n) is 4.65. The summed E-state index contributed by atoms with van der Waals surface area (Å²) in [6.07, 6.45) is -0.0350. The first-order valence-corrected chi connectivity index (χ1v) is 7.99. The molecule has 126 valence electrons. The quantitative estimate of drug-likeness (QED) is 0.689. The minimum Gasteiger partial charge on any atom is -0.426 e. The molecule has 6 heteroatoms. The molecule has 1 atom stereocenters. The van der Waals surface area contributed by atoms with E-state index in [1.165, 1.54) is 0 Å². The van der Waals surface area contributed by atoms with Gasteiger partial charge < -0.3 is 14.3 Å². The predicted molar refractivity (Wildman–Crippen MR) is 93.1 cm³/mol. The van der Waals surface area contributed by atoms with Crippen molar-refractivity contribution < 1.29 is 9.53 Å². The van der Waals surface area contributed by atoms with Gasteiger partial charge in [0, 0.05) is 30.3 Å². The zero-order chi connectivity index (χ0) is 17.7. The van der Waals surface area contributed by atoms with Gasteiger partial charge in [0.25, 0.3) is 11.1 Å². The maximum atomic E-state index is 12.9. The molecule has 0 fully saturated rings. The number of fused-ring (bicyclic) bond motifs is 2. The summed E-state index contributed by atoms with van der Waals surface area (Å²) >= 11 is 0. The van der Waals surface area contributed by atoms with E-state index in [-0.39, 0.29) is 23.3 Å². The summed E-state index contributed by atoms with van der Waals surface area (Å²) in [6.45, 7) is 1.72. The molecule has 0 unspecified atom stereocenters. The van der Waals surface area contributed by atoms with Crippen LogP contribution in [0.4, 0.5) is 0 Å². The number of esters is 1. The monoisotopic (exact) mass is 336 g/mol. The number of ether oxygens (including phenoxy) is 1. The van der Waals surface area contributed by atoms with Crippen LogP contribution in [0.1, 0.15) is 29.2 Å². The van der Waals surface area contributed by atoms with Crippen LogP contribution < -0.4 is 15.9 Å². The highest BCUT2D eigenvalue weighted by molar-refractivity contribution is 5.81. The van der Waals surface area contributed by atoms with Crippen molar-refractivity contribution in [2.45, 2.75) is 19.3 Å². The molecule has 0 saturated heterocycles. The second-order valence-corrected chi connectivity index (χ2v) is 6.31. The highest BCUT2D eigenvalue weighted by atomic mass is 16.5. The van der Waals surface area contributed by atoms with Crippen LogP contribution in [-0.4, -0.2) is 15.5 Å². The lowest BCUT2D eigenvalue weighted by atomic mass is 9.87. The molecule has 0 saturated carbocycles. The molecule has 1 aliphatic heterocycles. The zero-order valence-electron chi connectivity index (χ0n) is 13.8. The molecular weight excluding hydrogens is 320 g/mol. The second-order valence-electron chi connectivity index (χ2n) is 6.31. The number of nitrogens with one attached hydrogen (secondary N) is 1. The average Bonchev–Trinajstić information content (AvgIpc) is 2.56. The van der Waals surface area contributed by atoms with Gasteiger partial charge in [-0.1, -0.05) is 18.2 Å². The van der Waals surface area contributed by atoms with Crippen molar-refractivity contribution in [3.8, 4) is 5.75 Å². The molecule has 0 bridgehead atoms. The predicted octanol–water partition coefficient (Wildman–Crippen LogP) is 1.98. The van der Waals surface area contributed by atoms with Crippen LogP contribution in [0.5, 0.6) is 5.75 Å². The van der Waals surface area contributed by atoms with Crippen molar-refractivity contribution in [1.82, 2.24) is 9.55 Å². The summed E-state index contributed by atoms with van der Waals surface area (Å²) in [5, 5.41) is 0.878. The number of carbonyl (C=O) groups is 1. The summed E-state index contributed by atoms with van der Waals surface area (Å²) < 4.78 is 6.78. The largest absolute Gasteiger partial charge is 0.426 e. The topological polar surface area (TPSA) is 81.2 Å². The van der Waals surface area contributed by atoms with Crippen LogP contribution in [-0.2, 0) is 11.8 Å². The minimum absolute atomic E-state index is 0.0350. The Bertz CT molecular complexity index is 1140. The Kier molecular flexibility index (Phi) is 3.35. The van der Waals surface area contributed by atoms with Gasteiger partial charge in [0.1, 0.15) is 5.75 Å². The van der Waals surface area contributed by atoms with Crippen molar-refractivity contribution in [2.24, 2.45) is 7.05 Å². The number of carbonyl (C=O) groups excluding carboxylic acids is 1. The number of nitrogens with zero attached hydrogens (tertiary/aromatic N) is 1. The Morgan fingerprint density at radius 2 is 1.92 bits per heavy atom. The smallest absolute Gasteiger partial charge is 0.312 e. The second kappa shape index (κ2) is 5.44. The fourth-order valence-corrected chi connectivity index (χ4v) is 3.48. The lowest BCUT2D eigenvalue weighted by molar-refractivity contribution is -0.135. The number of para-hydroxylation sites is 1. The summed E-state index contributed by atoms with van der Waals surface area (Å²) in [5.74, 6) is -0.834. The number of hydrogen-bond donors (Lipinski definition) is 1. The molecule has 3 heterocycles. The molecule has 4 rings (SSSR count). The van der Waals surface area contributed by atoms with Crippen molar-refractivity contribution in [3.63, 3.8) is 0 Å². The molecule has 1 aliphatic rings. The Morgan fingerprint density at radius 3 is 2.72 bits per heavy atom. The first-order valence-electron chi connectivity index (χ1n) is 7.99. The van der Waals surface area contributed by atoms with Gasteiger partial charge in [-0.05, 0) is 24.4 Å². The van der Waals surface area contributed by atoms with Gasteiger partial charge in [0.05, 0.1) is 17.5 Å². The van der Waals surface area contributed by atoms with Crippen molar-refractivity contribution >= 4 is 16.9 Å². The minimum atomic E-state index is -0.621. The summed E-state index contributed by atoms with van der Waals surface area (Å²) in [7, 11) is 1.69. The molecule has 0 amide bonds. The number of hydrogen-bond acceptors (Lipinski definition) is 4. The molecule has 1 aromatic carbocycles. The Hall–Kier alpha value is -3.15. The standard InChI is InChI=1S/C19H16N2O4/c1-10-7-15-17(18(23)20-10)12(9-16(22)25-15)13-8-11-5-3-4-6-14(11)21(2)19(13)24/h3-8,12H,9H2,1-2H3,(H,20,23)/t12-/m1/s1. The number of benzene rings is 1. The van der Waals surface area contributed by atoms with E-state index in [2.05, 4.69) is 4.98 Å². The molecule has 1 N–H and O–H groups in total. The highest BCUT2D eigenvalue weighted by Crippen LogP contribution is 2.36. The molecule has 2 aromatic heterocycles. The average molecular weight is 336 g/mol. The number of H-pyrrole nitrogens is 1. The SMILES string of the molecule is Cc1cc2c(c(=O)[nH]1)[C@@H](c1cc3ccccc3n(C)c1=O)CC(=O)O2. The number of rotatable bonds is 1. The van der Waals surface area contributed by atoms with Crippen LogP contribution >= 0.6 is 0 Å². The molecule has 0 radical (unpaired) electrons. The highest BCUT2D eigenvalue weighted by Gasteiger charge is 2.33. The fourth-order valence-electron chi connectivity index (χ4n) is 3.48. The van der Waals surface area contributed by atoms with E-state index in [9.17, 15) is 14.4 Å². The van der Waals surface area contributed by atoms with E-state index < -0.39 is 11.9 Å². The van der Waals surface area contributed by atoms with E-state index in [1.807, 2.05) is 24.3 Å². The third-order valence-corrected chi connectivity index (χ3v) is 4.65. The molecule has 0 spiro atoms.